The molecular formula is C17H26BN7O. The number of piperazine rings is 1. The van der Waals surface area contributed by atoms with Gasteiger partial charge in [-0.15, -0.1) is 0 Å². The minimum Gasteiger partial charge on any atom is -0.409 e. The molecule has 2 aliphatic heterocycles. The maximum Gasteiger partial charge on any atom is 0.271 e. The number of nitrogens with two attached hydrogens (primary N) is 1. The van der Waals surface area contributed by atoms with Crippen LogP contribution in [0.3, 0.4) is 0 Å². The van der Waals surface area contributed by atoms with Gasteiger partial charge < -0.3 is 25.6 Å². The molecule has 26 heavy (non-hydrogen) atoms. The third kappa shape index (κ3) is 3.85. The van der Waals surface area contributed by atoms with E-state index in [2.05, 4.69) is 50.8 Å². The highest BCUT2D eigenvalue weighted by molar-refractivity contribution is 6.67. The van der Waals surface area contributed by atoms with E-state index in [1.807, 2.05) is 6.07 Å². The molecule has 0 spiro atoms. The maximum atomic E-state index is 9.11. The highest BCUT2D eigenvalue weighted by Gasteiger charge is 2.26. The molecule has 8 nitrogen and oxygen atoms in total. The summed E-state index contributed by atoms with van der Waals surface area (Å²) in [6.45, 7) is 6.81. The van der Waals surface area contributed by atoms with Crippen LogP contribution in [0.4, 0.5) is 11.5 Å². The van der Waals surface area contributed by atoms with E-state index in [0.29, 0.717) is 11.7 Å². The lowest BCUT2D eigenvalue weighted by Crippen LogP contribution is -2.51. The van der Waals surface area contributed by atoms with E-state index in [-0.39, 0.29) is 12.5 Å². The molecule has 138 valence electrons. The zero-order chi connectivity index (χ0) is 18.7. The Labute approximate surface area is 154 Å². The van der Waals surface area contributed by atoms with Crippen LogP contribution >= 0.6 is 0 Å². The number of amidine groups is 1. The SMILES string of the molecule is C[C@H]1CN(C)CCN1c1cc(N2CCB(C#N)CC2)cc(/C(N)=N/O)n1. The van der Waals surface area contributed by atoms with E-state index in [4.69, 9.17) is 16.2 Å². The van der Waals surface area contributed by atoms with Gasteiger partial charge in [-0.2, -0.15) is 0 Å². The minimum atomic E-state index is 0.0155. The molecule has 0 aliphatic carbocycles. The Hall–Kier alpha value is -2.47. The van der Waals surface area contributed by atoms with Crippen molar-refractivity contribution in [1.82, 2.24) is 9.88 Å². The Morgan fingerprint density at radius 3 is 2.69 bits per heavy atom. The maximum absolute atomic E-state index is 9.11. The number of nitriles is 1. The highest BCUT2D eigenvalue weighted by Crippen LogP contribution is 2.27. The van der Waals surface area contributed by atoms with Gasteiger partial charge >= 0.3 is 0 Å². The van der Waals surface area contributed by atoms with Crippen molar-refractivity contribution in [1.29, 1.82) is 5.26 Å². The summed E-state index contributed by atoms with van der Waals surface area (Å²) in [4.78, 5) is 11.5. The average molecular weight is 355 g/mol. The van der Waals surface area contributed by atoms with Crippen LogP contribution in [0.25, 0.3) is 0 Å². The van der Waals surface area contributed by atoms with Gasteiger partial charge in [0.2, 0.25) is 0 Å². The predicted molar refractivity (Wildman–Crippen MR) is 104 cm³/mol. The van der Waals surface area contributed by atoms with E-state index >= 15 is 0 Å². The highest BCUT2D eigenvalue weighted by atomic mass is 16.4. The fourth-order valence-electron chi connectivity index (χ4n) is 3.76. The molecule has 0 saturated carbocycles. The first-order valence-electron chi connectivity index (χ1n) is 9.11. The van der Waals surface area contributed by atoms with Gasteiger partial charge in [0.25, 0.3) is 6.71 Å². The number of aromatic nitrogens is 1. The van der Waals surface area contributed by atoms with Crippen LogP contribution in [0.1, 0.15) is 12.6 Å². The Morgan fingerprint density at radius 1 is 1.35 bits per heavy atom. The van der Waals surface area contributed by atoms with E-state index in [1.54, 1.807) is 0 Å². The first-order chi connectivity index (χ1) is 12.5. The Balaban J connectivity index is 1.91. The summed E-state index contributed by atoms with van der Waals surface area (Å²) in [6, 6.07) is 4.29. The van der Waals surface area contributed by atoms with E-state index in [9.17, 15) is 0 Å². The number of likely N-dealkylation sites (N-methyl/N-ethyl adjacent to an activating group) is 1. The molecule has 3 rings (SSSR count). The van der Waals surface area contributed by atoms with Gasteiger partial charge in [0, 0.05) is 56.5 Å². The van der Waals surface area contributed by atoms with Crippen molar-refractivity contribution in [3.8, 4) is 5.97 Å². The second kappa shape index (κ2) is 7.83. The molecule has 2 saturated heterocycles. The lowest BCUT2D eigenvalue weighted by atomic mass is 9.45. The molecule has 0 amide bonds. The molecule has 0 aromatic carbocycles. The van der Waals surface area contributed by atoms with Crippen LogP contribution in [0.5, 0.6) is 0 Å². The van der Waals surface area contributed by atoms with Crippen molar-refractivity contribution in [3.63, 3.8) is 0 Å². The Bertz CT molecular complexity index is 712. The zero-order valence-electron chi connectivity index (χ0n) is 15.5. The molecule has 0 unspecified atom stereocenters. The van der Waals surface area contributed by atoms with Crippen molar-refractivity contribution >= 4 is 24.1 Å². The number of hydrogen-bond donors (Lipinski definition) is 2. The van der Waals surface area contributed by atoms with Gasteiger partial charge in [-0.1, -0.05) is 5.16 Å². The van der Waals surface area contributed by atoms with Crippen LogP contribution in [0, 0.1) is 11.2 Å². The molecule has 2 aliphatic rings. The summed E-state index contributed by atoms with van der Waals surface area (Å²) in [5.74, 6) is 3.23. The summed E-state index contributed by atoms with van der Waals surface area (Å²) in [7, 11) is 2.12. The fraction of sp³-hybridized carbons (Fsp3) is 0.588. The third-order valence-corrected chi connectivity index (χ3v) is 5.33. The molecule has 0 radical (unpaired) electrons. The van der Waals surface area contributed by atoms with Crippen molar-refractivity contribution in [2.75, 3.05) is 49.6 Å². The van der Waals surface area contributed by atoms with Crippen molar-refractivity contribution in [2.45, 2.75) is 25.6 Å². The Kier molecular flexibility index (Phi) is 5.52. The second-order valence-corrected chi connectivity index (χ2v) is 7.25. The molecule has 9 heteroatoms. The largest absolute Gasteiger partial charge is 0.409 e. The van der Waals surface area contributed by atoms with Crippen LogP contribution in [-0.2, 0) is 0 Å². The normalized spacial score (nSPS) is 22.4. The quantitative estimate of drug-likeness (QED) is 0.270. The number of anilines is 2. The lowest BCUT2D eigenvalue weighted by molar-refractivity contribution is 0.274. The number of oxime groups is 1. The molecular weight excluding hydrogens is 329 g/mol. The predicted octanol–water partition coefficient (Wildman–Crippen LogP) is 0.694. The molecule has 1 aromatic rings. The smallest absolute Gasteiger partial charge is 0.271 e. The topological polar surface area (TPSA) is 105 Å². The number of rotatable bonds is 3. The van der Waals surface area contributed by atoms with Gasteiger partial charge in [0.1, 0.15) is 11.5 Å². The number of nitrogens with zero attached hydrogens (tertiary/aromatic N) is 6. The number of pyridine rings is 1. The van der Waals surface area contributed by atoms with Crippen molar-refractivity contribution < 1.29 is 5.21 Å². The fourth-order valence-corrected chi connectivity index (χ4v) is 3.76. The standard InChI is InChI=1S/C17H26BN7O/c1-13-11-23(2)7-8-25(13)16-10-14(9-15(21-16)17(20)22-26)24-5-3-18(12-19)4-6-24/h9-10,13,26H,3-8,11H2,1-2H3,(H2,20,22)/t13-/m0/s1. The molecule has 3 N–H and O–H groups in total. The van der Waals surface area contributed by atoms with Gasteiger partial charge in [-0.3, -0.25) is 0 Å². The van der Waals surface area contributed by atoms with Gasteiger partial charge in [0.05, 0.1) is 0 Å². The molecule has 1 atom stereocenters. The number of hydrogen-bond acceptors (Lipinski definition) is 7. The Morgan fingerprint density at radius 2 is 2.08 bits per heavy atom. The zero-order valence-corrected chi connectivity index (χ0v) is 15.5. The van der Waals surface area contributed by atoms with Crippen LogP contribution in [0.15, 0.2) is 17.3 Å². The summed E-state index contributed by atoms with van der Waals surface area (Å²) >= 11 is 0. The van der Waals surface area contributed by atoms with E-state index in [1.165, 1.54) is 0 Å². The van der Waals surface area contributed by atoms with Crippen molar-refractivity contribution in [2.24, 2.45) is 10.9 Å². The monoisotopic (exact) mass is 355 g/mol. The minimum absolute atomic E-state index is 0.0155. The van der Waals surface area contributed by atoms with E-state index < -0.39 is 0 Å². The van der Waals surface area contributed by atoms with Gasteiger partial charge in [0.15, 0.2) is 5.84 Å². The average Bonchev–Trinajstić information content (AvgIpc) is 2.67. The van der Waals surface area contributed by atoms with Crippen LogP contribution < -0.4 is 15.5 Å². The molecule has 1 aromatic heterocycles. The summed E-state index contributed by atoms with van der Waals surface area (Å²) in [5.41, 5.74) is 7.33. The van der Waals surface area contributed by atoms with Crippen LogP contribution in [-0.4, -0.2) is 73.5 Å². The second-order valence-electron chi connectivity index (χ2n) is 7.25. The molecule has 0 bridgehead atoms. The van der Waals surface area contributed by atoms with Crippen molar-refractivity contribution in [3.05, 3.63) is 17.8 Å². The third-order valence-electron chi connectivity index (χ3n) is 5.33. The van der Waals surface area contributed by atoms with Gasteiger partial charge in [-0.25, -0.2) is 10.2 Å². The van der Waals surface area contributed by atoms with Crippen LogP contribution in [0.2, 0.25) is 12.6 Å². The summed E-state index contributed by atoms with van der Waals surface area (Å²) < 4.78 is 0. The van der Waals surface area contributed by atoms with E-state index in [0.717, 1.165) is 56.9 Å². The molecule has 2 fully saturated rings. The molecule has 3 heterocycles. The van der Waals surface area contributed by atoms with Gasteiger partial charge in [-0.05, 0) is 32.7 Å². The summed E-state index contributed by atoms with van der Waals surface area (Å²) in [6.07, 6.45) is 1.72. The first kappa shape index (κ1) is 18.3. The lowest BCUT2D eigenvalue weighted by Gasteiger charge is -2.39. The first-order valence-corrected chi connectivity index (χ1v) is 9.11. The summed E-state index contributed by atoms with van der Waals surface area (Å²) in [5, 5.41) is 21.3.